The van der Waals surface area contributed by atoms with Gasteiger partial charge in [-0.15, -0.1) is 0 Å². The van der Waals surface area contributed by atoms with Gasteiger partial charge in [-0.05, 0) is 30.6 Å². The molecule has 1 atom stereocenters. The lowest BCUT2D eigenvalue weighted by Gasteiger charge is -2.30. The second-order valence-electron chi connectivity index (χ2n) is 7.61. The summed E-state index contributed by atoms with van der Waals surface area (Å²) in [4.78, 5) is 25.9. The summed E-state index contributed by atoms with van der Waals surface area (Å²) in [5, 5.41) is 0. The summed E-state index contributed by atoms with van der Waals surface area (Å²) < 4.78 is 4.74. The minimum atomic E-state index is -0.321. The smallest absolute Gasteiger partial charge is 0.325 e. The van der Waals surface area contributed by atoms with Crippen LogP contribution in [0.3, 0.4) is 0 Å². The Kier molecular flexibility index (Phi) is 6.69. The van der Waals surface area contributed by atoms with Gasteiger partial charge in [-0.25, -0.2) is 0 Å². The van der Waals surface area contributed by atoms with Crippen LogP contribution in [-0.2, 0) is 14.3 Å². The van der Waals surface area contributed by atoms with E-state index >= 15 is 0 Å². The largest absolute Gasteiger partial charge is 0.468 e. The number of rotatable bonds is 6. The number of carbonyl (C=O) groups excluding carboxylic acids is 2. The van der Waals surface area contributed by atoms with Crippen LogP contribution in [0.2, 0.25) is 0 Å². The van der Waals surface area contributed by atoms with Crippen LogP contribution in [0.25, 0.3) is 0 Å². The first-order valence-electron chi connectivity index (χ1n) is 8.09. The molecule has 0 aromatic rings. The van der Waals surface area contributed by atoms with Crippen molar-refractivity contribution in [2.75, 3.05) is 13.7 Å². The first-order valence-corrected chi connectivity index (χ1v) is 8.09. The van der Waals surface area contributed by atoms with Crippen molar-refractivity contribution >= 4 is 11.9 Å². The van der Waals surface area contributed by atoms with E-state index in [9.17, 15) is 9.59 Å². The van der Waals surface area contributed by atoms with E-state index in [2.05, 4.69) is 27.7 Å². The van der Waals surface area contributed by atoms with Gasteiger partial charge in [0.1, 0.15) is 6.54 Å². The summed E-state index contributed by atoms with van der Waals surface area (Å²) in [7, 11) is 1.38. The van der Waals surface area contributed by atoms with Crippen molar-refractivity contribution in [1.82, 2.24) is 4.90 Å². The van der Waals surface area contributed by atoms with Gasteiger partial charge in [0.2, 0.25) is 5.91 Å². The Balaban J connectivity index is 2.64. The molecule has 0 bridgehead atoms. The third kappa shape index (κ3) is 6.49. The Labute approximate surface area is 129 Å². The summed E-state index contributed by atoms with van der Waals surface area (Å²) in [5.74, 6) is 0.113. The van der Waals surface area contributed by atoms with Crippen molar-refractivity contribution in [3.63, 3.8) is 0 Å². The molecule has 0 radical (unpaired) electrons. The molecule has 1 rings (SSSR count). The second kappa shape index (κ2) is 7.81. The fourth-order valence-electron chi connectivity index (χ4n) is 3.37. The lowest BCUT2D eigenvalue weighted by atomic mass is 9.84. The van der Waals surface area contributed by atoms with Gasteiger partial charge in [-0.1, -0.05) is 40.5 Å². The van der Waals surface area contributed by atoms with Gasteiger partial charge in [-0.3, -0.25) is 9.59 Å². The van der Waals surface area contributed by atoms with E-state index in [1.54, 1.807) is 4.90 Å². The maximum atomic E-state index is 12.6. The Hall–Kier alpha value is -1.06. The number of hydrogen-bond donors (Lipinski definition) is 0. The molecule has 0 saturated heterocycles. The molecule has 0 spiro atoms. The Morgan fingerprint density at radius 3 is 2.29 bits per heavy atom. The predicted octanol–water partition coefficient (Wildman–Crippen LogP) is 3.39. The van der Waals surface area contributed by atoms with Crippen molar-refractivity contribution in [3.05, 3.63) is 0 Å². The zero-order valence-corrected chi connectivity index (χ0v) is 14.3. The molecule has 1 unspecified atom stereocenters. The summed E-state index contributed by atoms with van der Waals surface area (Å²) >= 11 is 0. The van der Waals surface area contributed by atoms with Gasteiger partial charge in [0.25, 0.3) is 0 Å². The van der Waals surface area contributed by atoms with Crippen LogP contribution < -0.4 is 0 Å². The lowest BCUT2D eigenvalue weighted by Crippen LogP contribution is -2.43. The molecule has 122 valence electrons. The van der Waals surface area contributed by atoms with Crippen LogP contribution in [0.1, 0.15) is 66.2 Å². The maximum absolute atomic E-state index is 12.6. The molecule has 4 nitrogen and oxygen atoms in total. The highest BCUT2D eigenvalue weighted by Crippen LogP contribution is 2.28. The quantitative estimate of drug-likeness (QED) is 0.706. The number of ether oxygens (including phenoxy) is 1. The maximum Gasteiger partial charge on any atom is 0.325 e. The van der Waals surface area contributed by atoms with Crippen LogP contribution in [-0.4, -0.2) is 36.5 Å². The van der Waals surface area contributed by atoms with Crippen molar-refractivity contribution in [2.24, 2.45) is 11.3 Å². The Morgan fingerprint density at radius 2 is 1.81 bits per heavy atom. The molecule has 4 heteroatoms. The fraction of sp³-hybridized carbons (Fsp3) is 0.882. The third-order valence-corrected chi connectivity index (χ3v) is 4.10. The van der Waals surface area contributed by atoms with E-state index in [1.807, 2.05) is 0 Å². The predicted molar refractivity (Wildman–Crippen MR) is 83.8 cm³/mol. The van der Waals surface area contributed by atoms with Crippen LogP contribution in [0.15, 0.2) is 0 Å². The summed E-state index contributed by atoms with van der Waals surface area (Å²) in [6.45, 7) is 8.79. The highest BCUT2D eigenvalue weighted by atomic mass is 16.5. The first-order chi connectivity index (χ1) is 9.73. The summed E-state index contributed by atoms with van der Waals surface area (Å²) in [5.41, 5.74) is 0.222. The molecular formula is C17H31NO3. The van der Waals surface area contributed by atoms with Gasteiger partial charge in [0.05, 0.1) is 7.11 Å². The number of esters is 1. The van der Waals surface area contributed by atoms with E-state index < -0.39 is 0 Å². The van der Waals surface area contributed by atoms with E-state index in [0.29, 0.717) is 12.3 Å². The highest BCUT2D eigenvalue weighted by Gasteiger charge is 2.29. The lowest BCUT2D eigenvalue weighted by molar-refractivity contribution is -0.149. The third-order valence-electron chi connectivity index (χ3n) is 4.10. The van der Waals surface area contributed by atoms with Crippen LogP contribution in [0, 0.1) is 11.3 Å². The minimum absolute atomic E-state index is 0.0994. The minimum Gasteiger partial charge on any atom is -0.468 e. The number of amides is 1. The number of hydrogen-bond acceptors (Lipinski definition) is 3. The van der Waals surface area contributed by atoms with E-state index in [0.717, 1.165) is 32.1 Å². The van der Waals surface area contributed by atoms with Crippen LogP contribution in [0.5, 0.6) is 0 Å². The van der Waals surface area contributed by atoms with E-state index in [-0.39, 0.29) is 29.9 Å². The zero-order valence-electron chi connectivity index (χ0n) is 14.3. The molecule has 0 aliphatic heterocycles. The average Bonchev–Trinajstić information content (AvgIpc) is 2.86. The molecule has 1 amide bonds. The number of methoxy groups -OCH3 is 1. The SMILES string of the molecule is COC(=O)CN(C(=O)CC(C)CC(C)(C)C)C1CCCC1. The average molecular weight is 297 g/mol. The first kappa shape index (κ1) is 18.0. The molecule has 1 saturated carbocycles. The van der Waals surface area contributed by atoms with Crippen LogP contribution >= 0.6 is 0 Å². The van der Waals surface area contributed by atoms with Crippen molar-refractivity contribution in [1.29, 1.82) is 0 Å². The summed E-state index contributed by atoms with van der Waals surface area (Å²) in [6.07, 6.45) is 5.84. The van der Waals surface area contributed by atoms with Gasteiger partial charge in [-0.2, -0.15) is 0 Å². The van der Waals surface area contributed by atoms with Crippen molar-refractivity contribution in [2.45, 2.75) is 72.3 Å². The van der Waals surface area contributed by atoms with Gasteiger partial charge < -0.3 is 9.64 Å². The molecule has 1 aliphatic carbocycles. The van der Waals surface area contributed by atoms with E-state index in [4.69, 9.17) is 4.74 Å². The van der Waals surface area contributed by atoms with Crippen LogP contribution in [0.4, 0.5) is 0 Å². The molecule has 0 heterocycles. The molecule has 21 heavy (non-hydrogen) atoms. The highest BCUT2D eigenvalue weighted by molar-refractivity contribution is 5.82. The van der Waals surface area contributed by atoms with Crippen molar-refractivity contribution in [3.8, 4) is 0 Å². The number of nitrogens with zero attached hydrogens (tertiary/aromatic N) is 1. The molecule has 0 N–H and O–H groups in total. The molecule has 1 fully saturated rings. The van der Waals surface area contributed by atoms with Gasteiger partial charge in [0.15, 0.2) is 0 Å². The zero-order chi connectivity index (χ0) is 16.0. The normalized spacial score (nSPS) is 17.6. The Bertz CT molecular complexity index is 354. The monoisotopic (exact) mass is 297 g/mol. The molecule has 0 aromatic heterocycles. The fourth-order valence-corrected chi connectivity index (χ4v) is 3.37. The van der Waals surface area contributed by atoms with Gasteiger partial charge in [0, 0.05) is 12.5 Å². The summed E-state index contributed by atoms with van der Waals surface area (Å²) in [6, 6.07) is 0.221. The van der Waals surface area contributed by atoms with Crippen molar-refractivity contribution < 1.29 is 14.3 Å². The van der Waals surface area contributed by atoms with Gasteiger partial charge >= 0.3 is 5.97 Å². The number of carbonyl (C=O) groups is 2. The molecular weight excluding hydrogens is 266 g/mol. The topological polar surface area (TPSA) is 46.6 Å². The standard InChI is InChI=1S/C17H31NO3/c1-13(11-17(2,3)4)10-15(19)18(12-16(20)21-5)14-8-6-7-9-14/h13-14H,6-12H2,1-5H3. The van der Waals surface area contributed by atoms with E-state index in [1.165, 1.54) is 7.11 Å². The Morgan fingerprint density at radius 1 is 1.24 bits per heavy atom. The molecule has 1 aliphatic rings. The second-order valence-corrected chi connectivity index (χ2v) is 7.61. The molecule has 0 aromatic carbocycles.